The van der Waals surface area contributed by atoms with Gasteiger partial charge >= 0.3 is 0 Å². The summed E-state index contributed by atoms with van der Waals surface area (Å²) in [4.78, 5) is 0. The van der Waals surface area contributed by atoms with E-state index >= 15 is 0 Å². The number of hydrogen-bond acceptors (Lipinski definition) is 2. The lowest BCUT2D eigenvalue weighted by Gasteiger charge is -2.22. The van der Waals surface area contributed by atoms with Gasteiger partial charge in [-0.1, -0.05) is 0 Å². The highest BCUT2D eigenvalue weighted by atomic mass is 16.5. The third-order valence-electron chi connectivity index (χ3n) is 1.93. The number of aliphatic hydroxyl groups excluding tert-OH is 1. The minimum absolute atomic E-state index is 0.160. The Morgan fingerprint density at radius 2 is 2.50 bits per heavy atom. The van der Waals surface area contributed by atoms with Crippen LogP contribution in [0, 0.1) is 5.92 Å². The largest absolute Gasteiger partial charge is 0.393 e. The van der Waals surface area contributed by atoms with Crippen LogP contribution in [-0.4, -0.2) is 24.4 Å². The van der Waals surface area contributed by atoms with Crippen LogP contribution < -0.4 is 0 Å². The van der Waals surface area contributed by atoms with Gasteiger partial charge in [-0.25, -0.2) is 0 Å². The molecule has 1 rings (SSSR count). The summed E-state index contributed by atoms with van der Waals surface area (Å²) in [5.41, 5.74) is 0. The second-order valence-electron chi connectivity index (χ2n) is 3.17. The highest BCUT2D eigenvalue weighted by Crippen LogP contribution is 2.18. The van der Waals surface area contributed by atoms with Gasteiger partial charge in [0, 0.05) is 13.2 Å². The van der Waals surface area contributed by atoms with E-state index in [1.807, 2.05) is 6.92 Å². The van der Waals surface area contributed by atoms with Crippen molar-refractivity contribution in [2.45, 2.75) is 32.3 Å². The molecule has 0 aromatic rings. The summed E-state index contributed by atoms with van der Waals surface area (Å²) in [6.07, 6.45) is 3.13. The maximum atomic E-state index is 9.05. The molecule has 2 atom stereocenters. The second kappa shape index (κ2) is 3.94. The predicted molar refractivity (Wildman–Crippen MR) is 39.8 cm³/mol. The minimum atomic E-state index is -0.160. The number of aliphatic hydroxyl groups is 1. The smallest absolute Gasteiger partial charge is 0.0515 e. The summed E-state index contributed by atoms with van der Waals surface area (Å²) in [6.45, 7) is 3.61. The molecule has 0 radical (unpaired) electrons. The van der Waals surface area contributed by atoms with E-state index in [-0.39, 0.29) is 6.10 Å². The lowest BCUT2D eigenvalue weighted by atomic mass is 9.96. The fourth-order valence-corrected chi connectivity index (χ4v) is 1.48. The molecule has 2 heteroatoms. The van der Waals surface area contributed by atoms with Crippen molar-refractivity contribution in [2.24, 2.45) is 5.92 Å². The van der Waals surface area contributed by atoms with Crippen LogP contribution in [0.5, 0.6) is 0 Å². The van der Waals surface area contributed by atoms with Gasteiger partial charge in [0.15, 0.2) is 0 Å². The third-order valence-corrected chi connectivity index (χ3v) is 1.93. The third kappa shape index (κ3) is 2.67. The maximum Gasteiger partial charge on any atom is 0.0515 e. The molecular weight excluding hydrogens is 128 g/mol. The van der Waals surface area contributed by atoms with Crippen molar-refractivity contribution >= 4 is 0 Å². The van der Waals surface area contributed by atoms with Gasteiger partial charge in [-0.05, 0) is 32.1 Å². The quantitative estimate of drug-likeness (QED) is 0.630. The molecule has 1 fully saturated rings. The van der Waals surface area contributed by atoms with Gasteiger partial charge in [0.1, 0.15) is 0 Å². The minimum Gasteiger partial charge on any atom is -0.393 e. The van der Waals surface area contributed by atoms with E-state index < -0.39 is 0 Å². The fraction of sp³-hybridized carbons (Fsp3) is 1.00. The molecular formula is C8H16O2. The van der Waals surface area contributed by atoms with E-state index in [2.05, 4.69) is 0 Å². The van der Waals surface area contributed by atoms with Crippen molar-refractivity contribution in [3.05, 3.63) is 0 Å². The summed E-state index contributed by atoms with van der Waals surface area (Å²) in [6, 6.07) is 0. The molecule has 1 aliphatic heterocycles. The van der Waals surface area contributed by atoms with Crippen LogP contribution in [0.1, 0.15) is 26.2 Å². The lowest BCUT2D eigenvalue weighted by Crippen LogP contribution is -2.20. The predicted octanol–water partition coefficient (Wildman–Crippen LogP) is 1.18. The van der Waals surface area contributed by atoms with Gasteiger partial charge < -0.3 is 9.84 Å². The molecule has 1 heterocycles. The molecule has 0 bridgehead atoms. The zero-order chi connectivity index (χ0) is 7.40. The average Bonchev–Trinajstić information content (AvgIpc) is 1.88. The molecule has 0 aromatic carbocycles. The van der Waals surface area contributed by atoms with Crippen LogP contribution in [0.25, 0.3) is 0 Å². The lowest BCUT2D eigenvalue weighted by molar-refractivity contribution is 0.0326. The van der Waals surface area contributed by atoms with E-state index in [0.29, 0.717) is 5.92 Å². The van der Waals surface area contributed by atoms with Gasteiger partial charge in [-0.3, -0.25) is 0 Å². The highest BCUT2D eigenvalue weighted by Gasteiger charge is 2.15. The van der Waals surface area contributed by atoms with E-state index in [4.69, 9.17) is 9.84 Å². The summed E-state index contributed by atoms with van der Waals surface area (Å²) in [5, 5.41) is 9.05. The van der Waals surface area contributed by atoms with Gasteiger partial charge in [-0.15, -0.1) is 0 Å². The Balaban J connectivity index is 2.13. The van der Waals surface area contributed by atoms with Crippen molar-refractivity contribution in [1.82, 2.24) is 0 Å². The molecule has 60 valence electrons. The van der Waals surface area contributed by atoms with Crippen molar-refractivity contribution in [3.63, 3.8) is 0 Å². The first-order valence-electron chi connectivity index (χ1n) is 4.05. The SMILES string of the molecule is CC(O)CC1CCCOC1. The molecule has 0 aliphatic carbocycles. The Morgan fingerprint density at radius 1 is 1.70 bits per heavy atom. The van der Waals surface area contributed by atoms with Crippen LogP contribution in [0.2, 0.25) is 0 Å². The molecule has 0 aromatic heterocycles. The van der Waals surface area contributed by atoms with E-state index in [0.717, 1.165) is 26.1 Å². The van der Waals surface area contributed by atoms with Gasteiger partial charge in [0.25, 0.3) is 0 Å². The molecule has 1 aliphatic rings. The standard InChI is InChI=1S/C8H16O2/c1-7(9)5-8-3-2-4-10-6-8/h7-9H,2-6H2,1H3. The first kappa shape index (κ1) is 8.02. The van der Waals surface area contributed by atoms with Crippen molar-refractivity contribution in [3.8, 4) is 0 Å². The summed E-state index contributed by atoms with van der Waals surface area (Å²) in [5.74, 6) is 0.605. The number of ether oxygens (including phenoxy) is 1. The first-order chi connectivity index (χ1) is 4.79. The van der Waals surface area contributed by atoms with Crippen molar-refractivity contribution < 1.29 is 9.84 Å². The topological polar surface area (TPSA) is 29.5 Å². The van der Waals surface area contributed by atoms with E-state index in [1.165, 1.54) is 6.42 Å². The van der Waals surface area contributed by atoms with Crippen LogP contribution >= 0.6 is 0 Å². The van der Waals surface area contributed by atoms with Gasteiger partial charge in [0.05, 0.1) is 6.10 Å². The molecule has 0 saturated carbocycles. The Labute approximate surface area is 62.2 Å². The van der Waals surface area contributed by atoms with Crippen molar-refractivity contribution in [1.29, 1.82) is 0 Å². The Kier molecular flexibility index (Phi) is 3.16. The maximum absolute atomic E-state index is 9.05. The van der Waals surface area contributed by atoms with Crippen LogP contribution in [0.3, 0.4) is 0 Å². The van der Waals surface area contributed by atoms with Crippen LogP contribution in [0.4, 0.5) is 0 Å². The molecule has 0 amide bonds. The van der Waals surface area contributed by atoms with E-state index in [9.17, 15) is 0 Å². The molecule has 2 nitrogen and oxygen atoms in total. The zero-order valence-electron chi connectivity index (χ0n) is 6.55. The van der Waals surface area contributed by atoms with E-state index in [1.54, 1.807) is 0 Å². The van der Waals surface area contributed by atoms with Crippen molar-refractivity contribution in [2.75, 3.05) is 13.2 Å². The Hall–Kier alpha value is -0.0800. The Morgan fingerprint density at radius 3 is 3.00 bits per heavy atom. The summed E-state index contributed by atoms with van der Waals surface area (Å²) >= 11 is 0. The molecule has 0 spiro atoms. The summed E-state index contributed by atoms with van der Waals surface area (Å²) in [7, 11) is 0. The normalized spacial score (nSPS) is 30.0. The number of hydrogen-bond donors (Lipinski definition) is 1. The summed E-state index contributed by atoms with van der Waals surface area (Å²) < 4.78 is 5.27. The molecule has 10 heavy (non-hydrogen) atoms. The first-order valence-corrected chi connectivity index (χ1v) is 4.05. The fourth-order valence-electron chi connectivity index (χ4n) is 1.48. The zero-order valence-corrected chi connectivity index (χ0v) is 6.55. The Bertz CT molecular complexity index is 85.3. The van der Waals surface area contributed by atoms with Gasteiger partial charge in [-0.2, -0.15) is 0 Å². The molecule has 1 saturated heterocycles. The monoisotopic (exact) mass is 144 g/mol. The van der Waals surface area contributed by atoms with Crippen LogP contribution in [0.15, 0.2) is 0 Å². The molecule has 1 N–H and O–H groups in total. The van der Waals surface area contributed by atoms with Crippen LogP contribution in [-0.2, 0) is 4.74 Å². The number of rotatable bonds is 2. The average molecular weight is 144 g/mol. The molecule has 2 unspecified atom stereocenters. The second-order valence-corrected chi connectivity index (χ2v) is 3.17. The van der Waals surface area contributed by atoms with Gasteiger partial charge in [0.2, 0.25) is 0 Å². The highest BCUT2D eigenvalue weighted by molar-refractivity contribution is 4.65.